The Hall–Kier alpha value is -0.900. The lowest BCUT2D eigenvalue weighted by Crippen LogP contribution is -2.46. The first-order valence-electron chi connectivity index (χ1n) is 6.32. The molecule has 17 heavy (non-hydrogen) atoms. The predicted octanol–water partition coefficient (Wildman–Crippen LogP) is 0.797. The molecule has 0 aliphatic carbocycles. The molecule has 94 valence electrons. The van der Waals surface area contributed by atoms with E-state index in [2.05, 4.69) is 29.2 Å². The smallest absolute Gasteiger partial charge is 0.0867 e. The van der Waals surface area contributed by atoms with Crippen molar-refractivity contribution in [2.24, 2.45) is 5.73 Å². The van der Waals surface area contributed by atoms with Crippen molar-refractivity contribution >= 4 is 0 Å². The van der Waals surface area contributed by atoms with Crippen molar-refractivity contribution in [2.75, 3.05) is 26.2 Å². The van der Waals surface area contributed by atoms with E-state index in [1.165, 1.54) is 11.1 Å². The second-order valence-corrected chi connectivity index (χ2v) is 5.25. The topological polar surface area (TPSA) is 49.5 Å². The Morgan fingerprint density at radius 1 is 1.24 bits per heavy atom. The van der Waals surface area contributed by atoms with E-state index >= 15 is 0 Å². The van der Waals surface area contributed by atoms with Crippen LogP contribution in [0.25, 0.3) is 0 Å². The van der Waals surface area contributed by atoms with E-state index in [0.29, 0.717) is 13.1 Å². The van der Waals surface area contributed by atoms with Gasteiger partial charge in [-0.05, 0) is 30.9 Å². The average Bonchev–Trinajstić information content (AvgIpc) is 2.52. The summed E-state index contributed by atoms with van der Waals surface area (Å²) < 4.78 is 0. The summed E-state index contributed by atoms with van der Waals surface area (Å²) in [6.07, 6.45) is 2.13. The summed E-state index contributed by atoms with van der Waals surface area (Å²) in [4.78, 5) is 2.31. The fourth-order valence-corrected chi connectivity index (χ4v) is 2.42. The summed E-state index contributed by atoms with van der Waals surface area (Å²) in [6.45, 7) is 4.80. The van der Waals surface area contributed by atoms with Crippen molar-refractivity contribution in [2.45, 2.75) is 25.4 Å². The summed E-state index contributed by atoms with van der Waals surface area (Å²) in [6, 6.07) is 8.62. The normalized spacial score (nSPS) is 20.4. The van der Waals surface area contributed by atoms with Gasteiger partial charge in [-0.25, -0.2) is 0 Å². The Morgan fingerprint density at radius 3 is 2.24 bits per heavy atom. The van der Waals surface area contributed by atoms with Crippen LogP contribution < -0.4 is 5.73 Å². The molecular formula is C14H22N2O. The molecule has 3 heteroatoms. The highest BCUT2D eigenvalue weighted by Gasteiger charge is 2.23. The molecule has 1 aliphatic rings. The van der Waals surface area contributed by atoms with Crippen LogP contribution in [0.15, 0.2) is 24.3 Å². The molecular weight excluding hydrogens is 212 g/mol. The fraction of sp³-hybridized carbons (Fsp3) is 0.571. The summed E-state index contributed by atoms with van der Waals surface area (Å²) >= 11 is 0. The molecule has 0 saturated carbocycles. The SMILES string of the molecule is CC(O)(CN)CN1CCc2ccccc2CC1. The monoisotopic (exact) mass is 234 g/mol. The second-order valence-electron chi connectivity index (χ2n) is 5.25. The first kappa shape index (κ1) is 12.6. The third-order valence-corrected chi connectivity index (χ3v) is 3.52. The van der Waals surface area contributed by atoms with Gasteiger partial charge >= 0.3 is 0 Å². The molecule has 1 heterocycles. The van der Waals surface area contributed by atoms with Crippen LogP contribution in [0.2, 0.25) is 0 Å². The van der Waals surface area contributed by atoms with Gasteiger partial charge in [0.15, 0.2) is 0 Å². The largest absolute Gasteiger partial charge is 0.388 e. The number of hydrogen-bond acceptors (Lipinski definition) is 3. The first-order valence-corrected chi connectivity index (χ1v) is 6.32. The second kappa shape index (κ2) is 5.17. The van der Waals surface area contributed by atoms with Crippen LogP contribution in [0.4, 0.5) is 0 Å². The quantitative estimate of drug-likeness (QED) is 0.813. The summed E-state index contributed by atoms with van der Waals surface area (Å²) in [5.74, 6) is 0. The standard InChI is InChI=1S/C14H22N2O/c1-14(17,10-15)11-16-8-6-12-4-2-3-5-13(12)7-9-16/h2-5,17H,6-11,15H2,1H3. The fourth-order valence-electron chi connectivity index (χ4n) is 2.42. The number of benzene rings is 1. The first-order chi connectivity index (χ1) is 8.11. The molecule has 2 rings (SSSR count). The van der Waals surface area contributed by atoms with Crippen LogP contribution in [0.5, 0.6) is 0 Å². The zero-order chi connectivity index (χ0) is 12.3. The number of fused-ring (bicyclic) bond motifs is 1. The zero-order valence-electron chi connectivity index (χ0n) is 10.5. The van der Waals surface area contributed by atoms with Gasteiger partial charge in [-0.15, -0.1) is 0 Å². The van der Waals surface area contributed by atoms with E-state index in [0.717, 1.165) is 25.9 Å². The molecule has 1 aromatic rings. The lowest BCUT2D eigenvalue weighted by Gasteiger charge is -2.29. The predicted molar refractivity (Wildman–Crippen MR) is 70.0 cm³/mol. The van der Waals surface area contributed by atoms with Gasteiger partial charge in [-0.2, -0.15) is 0 Å². The van der Waals surface area contributed by atoms with Crippen molar-refractivity contribution in [3.8, 4) is 0 Å². The Bertz CT molecular complexity index is 349. The van der Waals surface area contributed by atoms with Crippen LogP contribution in [-0.4, -0.2) is 41.8 Å². The molecule has 3 N–H and O–H groups in total. The number of hydrogen-bond donors (Lipinski definition) is 2. The Balaban J connectivity index is 2.00. The molecule has 0 aromatic heterocycles. The van der Waals surface area contributed by atoms with E-state index in [4.69, 9.17) is 5.73 Å². The third kappa shape index (κ3) is 3.28. The minimum atomic E-state index is -0.767. The molecule has 0 bridgehead atoms. The van der Waals surface area contributed by atoms with Gasteiger partial charge in [-0.1, -0.05) is 24.3 Å². The van der Waals surface area contributed by atoms with Gasteiger partial charge in [0.1, 0.15) is 0 Å². The number of nitrogens with two attached hydrogens (primary N) is 1. The van der Waals surface area contributed by atoms with Crippen LogP contribution in [0, 0.1) is 0 Å². The molecule has 1 aromatic carbocycles. The zero-order valence-corrected chi connectivity index (χ0v) is 10.5. The summed E-state index contributed by atoms with van der Waals surface area (Å²) in [7, 11) is 0. The van der Waals surface area contributed by atoms with Crippen molar-refractivity contribution in [3.63, 3.8) is 0 Å². The third-order valence-electron chi connectivity index (χ3n) is 3.52. The molecule has 0 radical (unpaired) electrons. The van der Waals surface area contributed by atoms with Gasteiger partial charge in [0.05, 0.1) is 5.60 Å². The lowest BCUT2D eigenvalue weighted by atomic mass is 10.0. The number of β-amino-alcohol motifs (C(OH)–C–C–N with tert-alkyl or cyclic N) is 1. The Morgan fingerprint density at radius 2 is 1.76 bits per heavy atom. The molecule has 3 nitrogen and oxygen atoms in total. The van der Waals surface area contributed by atoms with Crippen molar-refractivity contribution < 1.29 is 5.11 Å². The van der Waals surface area contributed by atoms with Crippen molar-refractivity contribution in [1.29, 1.82) is 0 Å². The van der Waals surface area contributed by atoms with Crippen molar-refractivity contribution in [1.82, 2.24) is 4.90 Å². The van der Waals surface area contributed by atoms with E-state index in [1.807, 2.05) is 6.92 Å². The maximum Gasteiger partial charge on any atom is 0.0867 e. The Kier molecular flexibility index (Phi) is 3.82. The molecule has 0 spiro atoms. The van der Waals surface area contributed by atoms with Gasteiger partial charge in [0, 0.05) is 26.2 Å². The van der Waals surface area contributed by atoms with E-state index in [9.17, 15) is 5.11 Å². The summed E-state index contributed by atoms with van der Waals surface area (Å²) in [5.41, 5.74) is 7.70. The lowest BCUT2D eigenvalue weighted by molar-refractivity contribution is 0.0286. The molecule has 0 fully saturated rings. The Labute approximate surface area is 103 Å². The van der Waals surface area contributed by atoms with E-state index < -0.39 is 5.60 Å². The highest BCUT2D eigenvalue weighted by atomic mass is 16.3. The maximum atomic E-state index is 10.0. The van der Waals surface area contributed by atoms with Gasteiger partial charge < -0.3 is 10.8 Å². The minimum absolute atomic E-state index is 0.316. The minimum Gasteiger partial charge on any atom is -0.388 e. The van der Waals surface area contributed by atoms with Crippen LogP contribution in [0.1, 0.15) is 18.1 Å². The maximum absolute atomic E-state index is 10.0. The van der Waals surface area contributed by atoms with Gasteiger partial charge in [0.2, 0.25) is 0 Å². The van der Waals surface area contributed by atoms with Crippen molar-refractivity contribution in [3.05, 3.63) is 35.4 Å². The summed E-state index contributed by atoms with van der Waals surface area (Å²) in [5, 5.41) is 10.0. The average molecular weight is 234 g/mol. The number of aliphatic hydroxyl groups is 1. The number of rotatable bonds is 3. The van der Waals surface area contributed by atoms with Crippen LogP contribution >= 0.6 is 0 Å². The van der Waals surface area contributed by atoms with Gasteiger partial charge in [-0.3, -0.25) is 4.90 Å². The highest BCUT2D eigenvalue weighted by molar-refractivity contribution is 5.28. The van der Waals surface area contributed by atoms with Crippen LogP contribution in [-0.2, 0) is 12.8 Å². The molecule has 1 aliphatic heterocycles. The molecule has 0 saturated heterocycles. The molecule has 1 atom stereocenters. The highest BCUT2D eigenvalue weighted by Crippen LogP contribution is 2.16. The molecule has 1 unspecified atom stereocenters. The van der Waals surface area contributed by atoms with E-state index in [1.54, 1.807) is 0 Å². The van der Waals surface area contributed by atoms with Gasteiger partial charge in [0.25, 0.3) is 0 Å². The molecule has 0 amide bonds. The number of nitrogens with zero attached hydrogens (tertiary/aromatic N) is 1. The van der Waals surface area contributed by atoms with Crippen LogP contribution in [0.3, 0.4) is 0 Å². The van der Waals surface area contributed by atoms with E-state index in [-0.39, 0.29) is 0 Å².